The van der Waals surface area contributed by atoms with Crippen molar-refractivity contribution in [3.63, 3.8) is 0 Å². The standard InChI is InChI=1S/C22H23FN2O4/c1-3-15-8-6-7-14(2)21(15)24-19(26)13-29-22(28)16-11-20(27)25(12-16)18-10-5-4-9-17(18)23/h4-10,16H,3,11-13H2,1-2H3,(H,24,26)/t16-/m0/s1. The van der Waals surface area contributed by atoms with Crippen LogP contribution in [0, 0.1) is 18.7 Å². The fraction of sp³-hybridized carbons (Fsp3) is 0.318. The van der Waals surface area contributed by atoms with E-state index in [1.807, 2.05) is 32.0 Å². The van der Waals surface area contributed by atoms with Crippen LogP contribution in [0.1, 0.15) is 24.5 Å². The van der Waals surface area contributed by atoms with Crippen molar-refractivity contribution in [2.45, 2.75) is 26.7 Å². The van der Waals surface area contributed by atoms with E-state index >= 15 is 0 Å². The molecule has 3 rings (SSSR count). The second kappa shape index (κ2) is 8.86. The molecule has 1 heterocycles. The number of carbonyl (C=O) groups excluding carboxylic acids is 3. The van der Waals surface area contributed by atoms with Gasteiger partial charge in [0.15, 0.2) is 6.61 Å². The first kappa shape index (κ1) is 20.5. The number of benzene rings is 2. The van der Waals surface area contributed by atoms with Crippen LogP contribution in [0.3, 0.4) is 0 Å². The average molecular weight is 398 g/mol. The van der Waals surface area contributed by atoms with Crippen LogP contribution in [0.4, 0.5) is 15.8 Å². The number of nitrogens with one attached hydrogen (secondary N) is 1. The number of aryl methyl sites for hydroxylation is 2. The molecule has 1 N–H and O–H groups in total. The average Bonchev–Trinajstić information content (AvgIpc) is 3.09. The van der Waals surface area contributed by atoms with Gasteiger partial charge in [-0.1, -0.05) is 37.3 Å². The zero-order chi connectivity index (χ0) is 21.0. The van der Waals surface area contributed by atoms with E-state index in [2.05, 4.69) is 5.32 Å². The molecule has 0 bridgehead atoms. The maximum Gasteiger partial charge on any atom is 0.311 e. The van der Waals surface area contributed by atoms with Crippen molar-refractivity contribution >= 4 is 29.2 Å². The quantitative estimate of drug-likeness (QED) is 0.758. The SMILES string of the molecule is CCc1cccc(C)c1NC(=O)COC(=O)[C@H]1CC(=O)N(c2ccccc2F)C1. The van der Waals surface area contributed by atoms with Crippen LogP contribution >= 0.6 is 0 Å². The van der Waals surface area contributed by atoms with Crippen molar-refractivity contribution in [3.8, 4) is 0 Å². The fourth-order valence-electron chi connectivity index (χ4n) is 3.40. The van der Waals surface area contributed by atoms with Gasteiger partial charge in [-0.05, 0) is 36.6 Å². The molecule has 7 heteroatoms. The van der Waals surface area contributed by atoms with Crippen molar-refractivity contribution in [1.29, 1.82) is 0 Å². The van der Waals surface area contributed by atoms with Gasteiger partial charge in [0, 0.05) is 18.7 Å². The summed E-state index contributed by atoms with van der Waals surface area (Å²) in [5.74, 6) is -2.71. The molecule has 29 heavy (non-hydrogen) atoms. The van der Waals surface area contributed by atoms with Crippen molar-refractivity contribution in [3.05, 3.63) is 59.4 Å². The smallest absolute Gasteiger partial charge is 0.311 e. The highest BCUT2D eigenvalue weighted by Crippen LogP contribution is 2.28. The van der Waals surface area contributed by atoms with Crippen LogP contribution in [0.5, 0.6) is 0 Å². The minimum absolute atomic E-state index is 0.0258. The van der Waals surface area contributed by atoms with E-state index in [1.54, 1.807) is 6.07 Å². The lowest BCUT2D eigenvalue weighted by Crippen LogP contribution is -2.28. The zero-order valence-corrected chi connectivity index (χ0v) is 16.4. The molecule has 1 aliphatic heterocycles. The summed E-state index contributed by atoms with van der Waals surface area (Å²) in [5.41, 5.74) is 2.77. The third kappa shape index (κ3) is 4.62. The summed E-state index contributed by atoms with van der Waals surface area (Å²) in [4.78, 5) is 38.0. The van der Waals surface area contributed by atoms with Crippen molar-refractivity contribution in [1.82, 2.24) is 0 Å². The van der Waals surface area contributed by atoms with Gasteiger partial charge in [0.1, 0.15) is 5.82 Å². The molecule has 1 atom stereocenters. The molecule has 0 aromatic heterocycles. The van der Waals surface area contributed by atoms with Gasteiger partial charge in [0.25, 0.3) is 5.91 Å². The van der Waals surface area contributed by atoms with E-state index in [-0.39, 0.29) is 24.6 Å². The highest BCUT2D eigenvalue weighted by molar-refractivity contribution is 6.00. The Morgan fingerprint density at radius 1 is 1.21 bits per heavy atom. The summed E-state index contributed by atoms with van der Waals surface area (Å²) in [5, 5.41) is 2.78. The summed E-state index contributed by atoms with van der Waals surface area (Å²) in [6.45, 7) is 3.46. The van der Waals surface area contributed by atoms with Crippen LogP contribution in [0.2, 0.25) is 0 Å². The van der Waals surface area contributed by atoms with Gasteiger partial charge in [-0.15, -0.1) is 0 Å². The Labute approximate surface area is 168 Å². The van der Waals surface area contributed by atoms with E-state index in [0.29, 0.717) is 0 Å². The van der Waals surface area contributed by atoms with E-state index in [9.17, 15) is 18.8 Å². The Kier molecular flexibility index (Phi) is 6.26. The van der Waals surface area contributed by atoms with Crippen molar-refractivity contribution in [2.24, 2.45) is 5.92 Å². The number of nitrogens with zero attached hydrogens (tertiary/aromatic N) is 1. The van der Waals surface area contributed by atoms with Crippen LogP contribution in [0.25, 0.3) is 0 Å². The summed E-state index contributed by atoms with van der Waals surface area (Å²) >= 11 is 0. The lowest BCUT2D eigenvalue weighted by Gasteiger charge is -2.17. The topological polar surface area (TPSA) is 75.7 Å². The third-order valence-corrected chi connectivity index (χ3v) is 4.95. The van der Waals surface area contributed by atoms with E-state index in [0.717, 1.165) is 23.2 Å². The molecule has 0 aliphatic carbocycles. The summed E-state index contributed by atoms with van der Waals surface area (Å²) < 4.78 is 19.0. The zero-order valence-electron chi connectivity index (χ0n) is 16.4. The number of carbonyl (C=O) groups is 3. The van der Waals surface area contributed by atoms with Crippen molar-refractivity contribution < 1.29 is 23.5 Å². The highest BCUT2D eigenvalue weighted by atomic mass is 19.1. The maximum absolute atomic E-state index is 13.9. The number of esters is 1. The molecule has 6 nitrogen and oxygen atoms in total. The van der Waals surface area contributed by atoms with Crippen LogP contribution in [0.15, 0.2) is 42.5 Å². The molecule has 1 fully saturated rings. The predicted molar refractivity (Wildman–Crippen MR) is 107 cm³/mol. The Hall–Kier alpha value is -3.22. The van der Waals surface area contributed by atoms with E-state index in [4.69, 9.17) is 4.74 Å². The van der Waals surface area contributed by atoms with Gasteiger partial charge < -0.3 is 15.0 Å². The number of anilines is 2. The first-order valence-corrected chi connectivity index (χ1v) is 9.50. The number of halogens is 1. The number of hydrogen-bond donors (Lipinski definition) is 1. The summed E-state index contributed by atoms with van der Waals surface area (Å²) in [6, 6.07) is 11.6. The minimum Gasteiger partial charge on any atom is -0.455 e. The van der Waals surface area contributed by atoms with Gasteiger partial charge in [-0.25, -0.2) is 4.39 Å². The van der Waals surface area contributed by atoms with Crippen molar-refractivity contribution in [2.75, 3.05) is 23.4 Å². The fourth-order valence-corrected chi connectivity index (χ4v) is 3.40. The number of para-hydroxylation sites is 2. The number of hydrogen-bond acceptors (Lipinski definition) is 4. The summed E-state index contributed by atoms with van der Waals surface area (Å²) in [7, 11) is 0. The van der Waals surface area contributed by atoms with E-state index in [1.165, 1.54) is 23.1 Å². The predicted octanol–water partition coefficient (Wildman–Crippen LogP) is 3.23. The third-order valence-electron chi connectivity index (χ3n) is 4.95. The molecule has 0 spiro atoms. The molecule has 2 aromatic rings. The molecule has 2 aromatic carbocycles. The molecule has 152 valence electrons. The Morgan fingerprint density at radius 3 is 2.69 bits per heavy atom. The Morgan fingerprint density at radius 2 is 1.97 bits per heavy atom. The van der Waals surface area contributed by atoms with E-state index < -0.39 is 30.2 Å². The lowest BCUT2D eigenvalue weighted by molar-refractivity contribution is -0.151. The van der Waals surface area contributed by atoms with Crippen LogP contribution in [-0.4, -0.2) is 30.9 Å². The molecule has 2 amide bonds. The first-order valence-electron chi connectivity index (χ1n) is 9.50. The Bertz CT molecular complexity index is 944. The number of amides is 2. The largest absolute Gasteiger partial charge is 0.455 e. The second-order valence-corrected chi connectivity index (χ2v) is 6.98. The first-order chi connectivity index (χ1) is 13.9. The van der Waals surface area contributed by atoms with Gasteiger partial charge in [0.05, 0.1) is 11.6 Å². The monoisotopic (exact) mass is 398 g/mol. The minimum atomic E-state index is -0.737. The number of ether oxygens (including phenoxy) is 1. The molecule has 0 unspecified atom stereocenters. The summed E-state index contributed by atoms with van der Waals surface area (Å²) in [6.07, 6.45) is 0.680. The maximum atomic E-state index is 13.9. The van der Waals surface area contributed by atoms with Crippen LogP contribution < -0.4 is 10.2 Å². The van der Waals surface area contributed by atoms with Gasteiger partial charge in [0.2, 0.25) is 5.91 Å². The Balaban J connectivity index is 1.57. The number of rotatable bonds is 6. The molecule has 0 radical (unpaired) electrons. The molecule has 0 saturated carbocycles. The molecular weight excluding hydrogens is 375 g/mol. The normalized spacial score (nSPS) is 16.0. The second-order valence-electron chi connectivity index (χ2n) is 6.98. The molecule has 1 saturated heterocycles. The molecular formula is C22H23FN2O4. The van der Waals surface area contributed by atoms with Gasteiger partial charge in [-0.3, -0.25) is 14.4 Å². The van der Waals surface area contributed by atoms with Gasteiger partial charge >= 0.3 is 5.97 Å². The van der Waals surface area contributed by atoms with Crippen LogP contribution in [-0.2, 0) is 25.5 Å². The lowest BCUT2D eigenvalue weighted by atomic mass is 10.1. The molecule has 1 aliphatic rings. The highest BCUT2D eigenvalue weighted by Gasteiger charge is 2.37. The van der Waals surface area contributed by atoms with Gasteiger partial charge in [-0.2, -0.15) is 0 Å².